The molecule has 0 aliphatic carbocycles. The van der Waals surface area contributed by atoms with Crippen LogP contribution in [0.3, 0.4) is 0 Å². The van der Waals surface area contributed by atoms with Gasteiger partial charge >= 0.3 is 0 Å². The van der Waals surface area contributed by atoms with Gasteiger partial charge in [0.15, 0.2) is 0 Å². The molecule has 4 nitrogen and oxygen atoms in total. The number of thiophene rings is 1. The zero-order valence-corrected chi connectivity index (χ0v) is 12.4. The molecule has 1 aromatic heterocycles. The lowest BCUT2D eigenvalue weighted by Crippen LogP contribution is -2.33. The highest BCUT2D eigenvalue weighted by atomic mass is 35.5. The SMILES string of the molecule is C[C@@H]1c2ccsc2CCN1c1ccc([N+](=O)[O-])cc1Cl. The normalized spacial score (nSPS) is 17.9. The minimum atomic E-state index is -0.424. The molecule has 1 atom stereocenters. The molecule has 2 aromatic rings. The number of anilines is 1. The van der Waals surface area contributed by atoms with E-state index in [1.54, 1.807) is 17.4 Å². The Kier molecular flexibility index (Phi) is 3.40. The van der Waals surface area contributed by atoms with Crippen LogP contribution < -0.4 is 4.90 Å². The molecule has 0 N–H and O–H groups in total. The van der Waals surface area contributed by atoms with Gasteiger partial charge in [-0.2, -0.15) is 0 Å². The molecule has 0 unspecified atom stereocenters. The van der Waals surface area contributed by atoms with Crippen LogP contribution in [0.4, 0.5) is 11.4 Å². The molecule has 1 aliphatic heterocycles. The first-order valence-electron chi connectivity index (χ1n) is 6.35. The summed E-state index contributed by atoms with van der Waals surface area (Å²) < 4.78 is 0. The number of non-ortho nitro benzene ring substituents is 1. The van der Waals surface area contributed by atoms with E-state index in [-0.39, 0.29) is 11.7 Å². The Balaban J connectivity index is 1.96. The Morgan fingerprint density at radius 3 is 2.95 bits per heavy atom. The molecule has 20 heavy (non-hydrogen) atoms. The van der Waals surface area contributed by atoms with Crippen LogP contribution in [0.5, 0.6) is 0 Å². The Bertz CT molecular complexity index is 671. The topological polar surface area (TPSA) is 46.4 Å². The molecule has 0 saturated heterocycles. The zero-order chi connectivity index (χ0) is 14.3. The van der Waals surface area contributed by atoms with Crippen molar-refractivity contribution in [1.29, 1.82) is 0 Å². The van der Waals surface area contributed by atoms with Crippen LogP contribution in [0.1, 0.15) is 23.4 Å². The highest BCUT2D eigenvalue weighted by molar-refractivity contribution is 7.10. The largest absolute Gasteiger partial charge is 0.363 e. The summed E-state index contributed by atoms with van der Waals surface area (Å²) in [5.74, 6) is 0. The van der Waals surface area contributed by atoms with Crippen molar-refractivity contribution < 1.29 is 4.92 Å². The molecule has 0 spiro atoms. The van der Waals surface area contributed by atoms with Crippen LogP contribution >= 0.6 is 22.9 Å². The van der Waals surface area contributed by atoms with E-state index in [4.69, 9.17) is 11.6 Å². The van der Waals surface area contributed by atoms with Gasteiger partial charge in [0.2, 0.25) is 0 Å². The first-order chi connectivity index (χ1) is 9.58. The Morgan fingerprint density at radius 1 is 1.45 bits per heavy atom. The van der Waals surface area contributed by atoms with E-state index < -0.39 is 4.92 Å². The second kappa shape index (κ2) is 5.07. The average molecular weight is 309 g/mol. The fraction of sp³-hybridized carbons (Fsp3) is 0.286. The number of rotatable bonds is 2. The van der Waals surface area contributed by atoms with E-state index in [1.165, 1.54) is 22.6 Å². The summed E-state index contributed by atoms with van der Waals surface area (Å²) in [5.41, 5.74) is 2.22. The minimum absolute atomic E-state index is 0.0274. The highest BCUT2D eigenvalue weighted by Gasteiger charge is 2.26. The number of nitrogens with zero attached hydrogens (tertiary/aromatic N) is 2. The monoisotopic (exact) mass is 308 g/mol. The molecule has 1 aliphatic rings. The predicted molar refractivity (Wildman–Crippen MR) is 81.9 cm³/mol. The number of nitro benzene ring substituents is 1. The highest BCUT2D eigenvalue weighted by Crippen LogP contribution is 2.39. The van der Waals surface area contributed by atoms with Crippen LogP contribution in [-0.4, -0.2) is 11.5 Å². The van der Waals surface area contributed by atoms with E-state index in [0.29, 0.717) is 5.02 Å². The zero-order valence-electron chi connectivity index (χ0n) is 10.9. The molecule has 2 heterocycles. The van der Waals surface area contributed by atoms with Crippen molar-refractivity contribution in [3.05, 3.63) is 55.2 Å². The van der Waals surface area contributed by atoms with Crippen LogP contribution in [0.2, 0.25) is 5.02 Å². The number of halogens is 1. The molecule has 0 bridgehead atoms. The van der Waals surface area contributed by atoms with Gasteiger partial charge in [0, 0.05) is 23.6 Å². The smallest absolute Gasteiger partial charge is 0.271 e. The van der Waals surface area contributed by atoms with Crippen molar-refractivity contribution in [2.24, 2.45) is 0 Å². The van der Waals surface area contributed by atoms with E-state index in [1.807, 2.05) is 0 Å². The molecule has 0 amide bonds. The number of hydrogen-bond acceptors (Lipinski definition) is 4. The number of benzene rings is 1. The summed E-state index contributed by atoms with van der Waals surface area (Å²) in [5, 5.41) is 13.3. The molecule has 104 valence electrons. The summed E-state index contributed by atoms with van der Waals surface area (Å²) in [4.78, 5) is 14.0. The molecule has 0 fully saturated rings. The maximum absolute atomic E-state index is 10.8. The van der Waals surface area contributed by atoms with Crippen molar-refractivity contribution in [1.82, 2.24) is 0 Å². The maximum atomic E-state index is 10.8. The predicted octanol–water partition coefficient (Wildman–Crippen LogP) is 4.43. The van der Waals surface area contributed by atoms with Gasteiger partial charge in [-0.25, -0.2) is 0 Å². The lowest BCUT2D eigenvalue weighted by atomic mass is 10.0. The van der Waals surface area contributed by atoms with E-state index >= 15 is 0 Å². The Hall–Kier alpha value is -1.59. The van der Waals surface area contributed by atoms with E-state index in [9.17, 15) is 10.1 Å². The third kappa shape index (κ3) is 2.17. The number of hydrogen-bond donors (Lipinski definition) is 0. The molecule has 3 rings (SSSR count). The van der Waals surface area contributed by atoms with Gasteiger partial charge in [0.1, 0.15) is 0 Å². The van der Waals surface area contributed by atoms with Crippen molar-refractivity contribution in [3.63, 3.8) is 0 Å². The fourth-order valence-electron chi connectivity index (χ4n) is 2.68. The van der Waals surface area contributed by atoms with E-state index in [2.05, 4.69) is 23.3 Å². The maximum Gasteiger partial charge on any atom is 0.271 e. The van der Waals surface area contributed by atoms with Gasteiger partial charge in [-0.3, -0.25) is 10.1 Å². The van der Waals surface area contributed by atoms with Gasteiger partial charge in [-0.1, -0.05) is 11.6 Å². The van der Waals surface area contributed by atoms with Crippen LogP contribution in [0, 0.1) is 10.1 Å². The molecular formula is C14H13ClN2O2S. The van der Waals surface area contributed by atoms with Gasteiger partial charge in [-0.15, -0.1) is 11.3 Å². The molecule has 0 radical (unpaired) electrons. The van der Waals surface area contributed by atoms with Gasteiger partial charge in [0.25, 0.3) is 5.69 Å². The molecular weight excluding hydrogens is 296 g/mol. The van der Waals surface area contributed by atoms with Crippen molar-refractivity contribution in [3.8, 4) is 0 Å². The van der Waals surface area contributed by atoms with Crippen LogP contribution in [0.25, 0.3) is 0 Å². The Morgan fingerprint density at radius 2 is 2.25 bits per heavy atom. The first-order valence-corrected chi connectivity index (χ1v) is 7.60. The van der Waals surface area contributed by atoms with Crippen molar-refractivity contribution in [2.75, 3.05) is 11.4 Å². The third-order valence-electron chi connectivity index (χ3n) is 3.73. The quantitative estimate of drug-likeness (QED) is 0.609. The Labute approximate surface area is 125 Å². The molecule has 6 heteroatoms. The third-order valence-corrected chi connectivity index (χ3v) is 5.03. The van der Waals surface area contributed by atoms with Crippen molar-refractivity contribution in [2.45, 2.75) is 19.4 Å². The van der Waals surface area contributed by atoms with Gasteiger partial charge in [-0.05, 0) is 36.4 Å². The first kappa shape index (κ1) is 13.4. The second-order valence-electron chi connectivity index (χ2n) is 4.81. The summed E-state index contributed by atoms with van der Waals surface area (Å²) in [6.45, 7) is 3.02. The molecule has 0 saturated carbocycles. The summed E-state index contributed by atoms with van der Waals surface area (Å²) in [6, 6.07) is 7.07. The lowest BCUT2D eigenvalue weighted by molar-refractivity contribution is -0.384. The second-order valence-corrected chi connectivity index (χ2v) is 6.22. The van der Waals surface area contributed by atoms with Crippen LogP contribution in [-0.2, 0) is 6.42 Å². The van der Waals surface area contributed by atoms with Crippen molar-refractivity contribution >= 4 is 34.3 Å². The minimum Gasteiger partial charge on any atom is -0.363 e. The number of fused-ring (bicyclic) bond motifs is 1. The summed E-state index contributed by atoms with van der Waals surface area (Å²) >= 11 is 8.02. The standard InChI is InChI=1S/C14H13ClN2O2S/c1-9-11-5-7-20-14(11)4-6-16(9)13-3-2-10(17(18)19)8-12(13)15/h2-3,5,7-9H,4,6H2,1H3/t9-/m1/s1. The molecule has 1 aromatic carbocycles. The van der Waals surface area contributed by atoms with Crippen LogP contribution in [0.15, 0.2) is 29.6 Å². The van der Waals surface area contributed by atoms with E-state index in [0.717, 1.165) is 18.7 Å². The lowest BCUT2D eigenvalue weighted by Gasteiger charge is -2.36. The van der Waals surface area contributed by atoms with Gasteiger partial charge in [0.05, 0.1) is 21.7 Å². The average Bonchev–Trinajstić information content (AvgIpc) is 2.89. The summed E-state index contributed by atoms with van der Waals surface area (Å²) in [7, 11) is 0. The van der Waals surface area contributed by atoms with Gasteiger partial charge < -0.3 is 4.90 Å². The fourth-order valence-corrected chi connectivity index (χ4v) is 3.93. The number of nitro groups is 1. The summed E-state index contributed by atoms with van der Waals surface area (Å²) in [6.07, 6.45) is 0.991.